The van der Waals surface area contributed by atoms with Gasteiger partial charge in [-0.15, -0.1) is 20.4 Å². The van der Waals surface area contributed by atoms with Crippen LogP contribution in [-0.2, 0) is 30.4 Å². The number of hydrogen-bond acceptors (Lipinski definition) is 12. The number of amides is 2. The van der Waals surface area contributed by atoms with Crippen LogP contribution in [0.5, 0.6) is 11.5 Å². The third kappa shape index (κ3) is 9.75. The molecule has 15 nitrogen and oxygen atoms in total. The van der Waals surface area contributed by atoms with Crippen molar-refractivity contribution >= 4 is 23.6 Å². The number of rotatable bonds is 0. The number of carbonyl (C=O) groups is 3. The van der Waals surface area contributed by atoms with Crippen molar-refractivity contribution in [3.8, 4) is 34.5 Å². The fourth-order valence-corrected chi connectivity index (χ4v) is 6.44. The van der Waals surface area contributed by atoms with E-state index in [1.807, 2.05) is 54.0 Å². The summed E-state index contributed by atoms with van der Waals surface area (Å²) < 4.78 is 61.8. The van der Waals surface area contributed by atoms with Gasteiger partial charge in [-0.2, -0.15) is 18.1 Å². The van der Waals surface area contributed by atoms with Crippen LogP contribution in [0.15, 0.2) is 110 Å². The Balaban J connectivity index is 0.000000196. The summed E-state index contributed by atoms with van der Waals surface area (Å²) in [5.74, 6) is -0.314. The van der Waals surface area contributed by atoms with Crippen molar-refractivity contribution in [2.75, 3.05) is 18.1 Å². The highest BCUT2D eigenvalue weighted by atomic mass is 19.4. The molecule has 4 aromatic heterocycles. The lowest BCUT2D eigenvalue weighted by Crippen LogP contribution is -2.42. The number of aryl methyl sites for hydroxylation is 1. The molecule has 62 heavy (non-hydrogen) atoms. The summed E-state index contributed by atoms with van der Waals surface area (Å²) in [6, 6.07) is 18.8. The Bertz CT molecular complexity index is 2680. The van der Waals surface area contributed by atoms with Crippen molar-refractivity contribution in [3.63, 3.8) is 0 Å². The molecule has 0 radical (unpaired) electrons. The van der Waals surface area contributed by atoms with Crippen LogP contribution in [0.25, 0.3) is 23.0 Å². The van der Waals surface area contributed by atoms with Crippen LogP contribution in [0.3, 0.4) is 0 Å². The number of pyridine rings is 2. The monoisotopic (exact) mass is 847 g/mol. The number of carbonyl (C=O) groups excluding carboxylic acids is 3. The van der Waals surface area contributed by atoms with Gasteiger partial charge in [-0.25, -0.2) is 14.8 Å². The van der Waals surface area contributed by atoms with Gasteiger partial charge in [-0.05, 0) is 87.9 Å². The maximum absolute atomic E-state index is 13.8. The molecule has 318 valence electrons. The van der Waals surface area contributed by atoms with Gasteiger partial charge in [0.1, 0.15) is 60.2 Å². The lowest BCUT2D eigenvalue weighted by Gasteiger charge is -2.26. The lowest BCUT2D eigenvalue weighted by molar-refractivity contribution is -0.138. The minimum Gasteiger partial charge on any atom is -0.488 e. The molecule has 18 heteroatoms. The summed E-state index contributed by atoms with van der Waals surface area (Å²) >= 11 is 0. The third-order valence-corrected chi connectivity index (χ3v) is 9.23. The second-order valence-electron chi connectivity index (χ2n) is 14.9. The molecule has 0 aliphatic carbocycles. The second kappa shape index (κ2) is 18.0. The molecule has 6 heterocycles. The predicted octanol–water partition coefficient (Wildman–Crippen LogP) is 7.91. The predicted molar refractivity (Wildman–Crippen MR) is 219 cm³/mol. The smallest absolute Gasteiger partial charge is 0.423 e. The fraction of sp³-hybridized carbons (Fsp3) is 0.250. The second-order valence-corrected chi connectivity index (χ2v) is 14.9. The standard InChI is InChI=1S/C24H22F3N5O4.C20H18N4O2/c1-23(2,3)36-22(34)32-18-11-7-10-17(29-18)20-30-28-14-31(20)12-4-5-13-35-19-15(21(32)33)8-6-9-16(19)24(25,26)27;1-14-6-4-8-16-18(25)12-15-7-5-9-17(22-15)20-23-21-13-24(20)10-2-3-11-26-19(14)16/h4-11,14H,12-13H2,1-3H3;2-9,13H,10-12H2,1H3/b5-4+;3-2-. The lowest BCUT2D eigenvalue weighted by atomic mass is 10.0. The number of anilines is 1. The summed E-state index contributed by atoms with van der Waals surface area (Å²) in [4.78, 5) is 49.3. The highest BCUT2D eigenvalue weighted by Crippen LogP contribution is 2.39. The number of para-hydroxylation sites is 2. The van der Waals surface area contributed by atoms with Crippen molar-refractivity contribution in [1.82, 2.24) is 39.5 Å². The van der Waals surface area contributed by atoms with E-state index in [9.17, 15) is 27.6 Å². The van der Waals surface area contributed by atoms with Crippen molar-refractivity contribution in [3.05, 3.63) is 138 Å². The highest BCUT2D eigenvalue weighted by Gasteiger charge is 2.39. The molecule has 6 aromatic rings. The molecule has 0 unspecified atom stereocenters. The van der Waals surface area contributed by atoms with Crippen molar-refractivity contribution in [2.45, 2.75) is 59.0 Å². The van der Waals surface area contributed by atoms with Crippen molar-refractivity contribution in [1.29, 1.82) is 0 Å². The number of alkyl halides is 3. The molecule has 8 rings (SSSR count). The number of imide groups is 1. The zero-order chi connectivity index (χ0) is 44.0. The highest BCUT2D eigenvalue weighted by molar-refractivity contribution is 6.20. The molecule has 2 aliphatic heterocycles. The third-order valence-electron chi connectivity index (χ3n) is 9.23. The van der Waals surface area contributed by atoms with Gasteiger partial charge < -0.3 is 23.3 Å². The molecule has 0 spiro atoms. The number of aromatic nitrogens is 8. The number of ether oxygens (including phenoxy) is 3. The fourth-order valence-electron chi connectivity index (χ4n) is 6.44. The van der Waals surface area contributed by atoms with Crippen LogP contribution in [0.4, 0.5) is 23.8 Å². The zero-order valence-electron chi connectivity index (χ0n) is 34.0. The van der Waals surface area contributed by atoms with Gasteiger partial charge in [0.25, 0.3) is 5.91 Å². The number of halogens is 3. The average Bonchev–Trinajstić information content (AvgIpc) is 3.90. The maximum atomic E-state index is 13.8. The first-order valence-corrected chi connectivity index (χ1v) is 19.3. The number of nitrogens with zero attached hydrogens (tertiary/aromatic N) is 9. The Hall–Kier alpha value is -7.50. The Morgan fingerprint density at radius 3 is 1.94 bits per heavy atom. The number of benzene rings is 2. The first-order chi connectivity index (χ1) is 29.7. The van der Waals surface area contributed by atoms with Gasteiger partial charge in [0.2, 0.25) is 0 Å². The molecule has 4 bridgehead atoms. The number of hydrogen-bond donors (Lipinski definition) is 0. The van der Waals surface area contributed by atoms with Gasteiger partial charge in [0.05, 0.1) is 23.1 Å². The number of allylic oxidation sites excluding steroid dienone is 2. The molecule has 0 N–H and O–H groups in total. The molecule has 0 saturated carbocycles. The van der Waals surface area contributed by atoms with Crippen LogP contribution in [0, 0.1) is 6.92 Å². The minimum absolute atomic E-state index is 0.0177. The Morgan fingerprint density at radius 1 is 0.710 bits per heavy atom. The van der Waals surface area contributed by atoms with Crippen molar-refractivity contribution in [2.24, 2.45) is 0 Å². The number of fused-ring (bicyclic) bond motifs is 10. The number of ketones is 1. The van der Waals surface area contributed by atoms with Crippen LogP contribution >= 0.6 is 0 Å². The van der Waals surface area contributed by atoms with E-state index in [-0.39, 0.29) is 36.9 Å². The van der Waals surface area contributed by atoms with E-state index in [0.29, 0.717) is 52.4 Å². The largest absolute Gasteiger partial charge is 0.488 e. The molecule has 0 fully saturated rings. The van der Waals surface area contributed by atoms with Gasteiger partial charge >= 0.3 is 12.3 Å². The van der Waals surface area contributed by atoms with Gasteiger partial charge in [0.15, 0.2) is 17.4 Å². The zero-order valence-corrected chi connectivity index (χ0v) is 34.0. The summed E-state index contributed by atoms with van der Waals surface area (Å²) in [6.45, 7) is 7.76. The minimum atomic E-state index is -4.81. The van der Waals surface area contributed by atoms with Gasteiger partial charge in [-0.1, -0.05) is 42.5 Å². The van der Waals surface area contributed by atoms with E-state index in [2.05, 4.69) is 30.4 Å². The summed E-state index contributed by atoms with van der Waals surface area (Å²) in [6.07, 6.45) is 4.49. The van der Waals surface area contributed by atoms with E-state index in [0.717, 1.165) is 23.8 Å². The molecule has 2 amide bonds. The van der Waals surface area contributed by atoms with Gasteiger partial charge in [0, 0.05) is 18.8 Å². The van der Waals surface area contributed by atoms with Crippen LogP contribution < -0.4 is 14.4 Å². The molecule has 2 aliphatic rings. The van der Waals surface area contributed by atoms with Crippen LogP contribution in [0.1, 0.15) is 58.3 Å². The quantitative estimate of drug-likeness (QED) is 0.136. The first kappa shape index (κ1) is 42.6. The van der Waals surface area contributed by atoms with E-state index >= 15 is 0 Å². The summed E-state index contributed by atoms with van der Waals surface area (Å²) in [7, 11) is 0. The van der Waals surface area contributed by atoms with E-state index in [4.69, 9.17) is 14.2 Å². The summed E-state index contributed by atoms with van der Waals surface area (Å²) in [5, 5.41) is 16.1. The topological polar surface area (TPSA) is 169 Å². The Kier molecular flexibility index (Phi) is 12.4. The first-order valence-electron chi connectivity index (χ1n) is 19.3. The summed E-state index contributed by atoms with van der Waals surface area (Å²) in [5.41, 5.74) is 0.590. The number of Topliss-reactive ketones (excluding diaryl/α,β-unsaturated/α-hetero) is 1. The van der Waals surface area contributed by atoms with Crippen LogP contribution in [0.2, 0.25) is 0 Å². The molecule has 2 aromatic carbocycles. The average molecular weight is 848 g/mol. The molecule has 0 atom stereocenters. The Labute approximate surface area is 353 Å². The maximum Gasteiger partial charge on any atom is 0.423 e. The molecular weight excluding hydrogens is 808 g/mol. The van der Waals surface area contributed by atoms with Crippen LogP contribution in [-0.4, -0.2) is 76.1 Å². The van der Waals surface area contributed by atoms with Gasteiger partial charge in [-0.3, -0.25) is 9.59 Å². The Morgan fingerprint density at radius 2 is 1.29 bits per heavy atom. The van der Waals surface area contributed by atoms with E-state index < -0.39 is 40.7 Å². The molecule has 0 saturated heterocycles. The van der Waals surface area contributed by atoms with E-state index in [1.165, 1.54) is 24.5 Å². The molecular formula is C44H40F3N9O6. The normalized spacial score (nSPS) is 15.3. The SMILES string of the molecule is CC(C)(C)OC(=O)N1C(=O)c2cccc(C(F)(F)F)c2OC/C=C/Cn2cnnc2-c2cccc1n2.Cc1cccc2c1OC/C=C\Cn1cnnc1-c1cccc(n1)CC2=O. The van der Waals surface area contributed by atoms with Crippen molar-refractivity contribution < 1.29 is 41.8 Å². The van der Waals surface area contributed by atoms with E-state index in [1.54, 1.807) is 49.9 Å².